The number of alkyl halides is 3. The van der Waals surface area contributed by atoms with E-state index in [1.807, 2.05) is 4.90 Å². The summed E-state index contributed by atoms with van der Waals surface area (Å²) in [7, 11) is 0. The fourth-order valence-corrected chi connectivity index (χ4v) is 1.46. The number of rotatable bonds is 3. The van der Waals surface area contributed by atoms with Gasteiger partial charge in [-0.3, -0.25) is 0 Å². The van der Waals surface area contributed by atoms with Crippen molar-refractivity contribution in [2.24, 2.45) is 4.99 Å². The molecule has 3 nitrogen and oxygen atoms in total. The number of hydrogen-bond acceptors (Lipinski definition) is 3. The van der Waals surface area contributed by atoms with Gasteiger partial charge in [0.25, 0.3) is 0 Å². The average Bonchev–Trinajstić information content (AvgIpc) is 2.29. The summed E-state index contributed by atoms with van der Waals surface area (Å²) in [4.78, 5) is 5.63. The van der Waals surface area contributed by atoms with Crippen LogP contribution in [0.15, 0.2) is 29.0 Å². The lowest BCUT2D eigenvalue weighted by Gasteiger charge is -2.28. The van der Waals surface area contributed by atoms with E-state index < -0.39 is 11.7 Å². The average molecular weight is 247 g/mol. The highest BCUT2D eigenvalue weighted by Crippen LogP contribution is 2.24. The van der Waals surface area contributed by atoms with Crippen LogP contribution in [0, 0.1) is 0 Å². The van der Waals surface area contributed by atoms with Crippen molar-refractivity contribution in [1.29, 1.82) is 0 Å². The summed E-state index contributed by atoms with van der Waals surface area (Å²) in [6.07, 6.45) is -2.54. The zero-order valence-corrected chi connectivity index (χ0v) is 9.72. The second-order valence-corrected chi connectivity index (χ2v) is 3.65. The minimum atomic E-state index is -4.36. The maximum Gasteiger partial charge on any atom is 0.417 e. The molecule has 0 radical (unpaired) electrons. The van der Waals surface area contributed by atoms with Crippen molar-refractivity contribution in [2.45, 2.75) is 13.1 Å². The third-order valence-electron chi connectivity index (χ3n) is 2.47. The molecule has 0 unspecified atom stereocenters. The predicted octanol–water partition coefficient (Wildman–Crippen LogP) is 1.94. The number of halogens is 3. The molecule has 17 heavy (non-hydrogen) atoms. The first-order valence-electron chi connectivity index (χ1n) is 5.37. The van der Waals surface area contributed by atoms with Gasteiger partial charge < -0.3 is 10.2 Å². The van der Waals surface area contributed by atoms with Crippen molar-refractivity contribution < 1.29 is 13.2 Å². The molecular formula is C11H16F3N3. The highest BCUT2D eigenvalue weighted by molar-refractivity contribution is 5.80. The quantitative estimate of drug-likeness (QED) is 0.772. The summed E-state index contributed by atoms with van der Waals surface area (Å²) >= 11 is 0. The lowest BCUT2D eigenvalue weighted by Crippen LogP contribution is -2.42. The molecule has 1 N–H and O–H groups in total. The first-order valence-corrected chi connectivity index (χ1v) is 5.37. The Kier molecular flexibility index (Phi) is 4.74. The Hall–Kier alpha value is -1.30. The molecule has 0 atom stereocenters. The summed E-state index contributed by atoms with van der Waals surface area (Å²) < 4.78 is 37.2. The van der Waals surface area contributed by atoms with Gasteiger partial charge in [-0.25, -0.2) is 4.99 Å². The molecule has 0 aliphatic carbocycles. The Morgan fingerprint density at radius 3 is 2.41 bits per heavy atom. The van der Waals surface area contributed by atoms with E-state index in [4.69, 9.17) is 0 Å². The lowest BCUT2D eigenvalue weighted by atomic mass is 10.3. The molecule has 1 aliphatic rings. The molecule has 1 saturated heterocycles. The third kappa shape index (κ3) is 4.22. The Morgan fingerprint density at radius 2 is 1.94 bits per heavy atom. The van der Waals surface area contributed by atoms with E-state index in [0.29, 0.717) is 18.9 Å². The van der Waals surface area contributed by atoms with E-state index in [1.54, 1.807) is 0 Å². The molecule has 6 heteroatoms. The molecule has 1 fully saturated rings. The summed E-state index contributed by atoms with van der Waals surface area (Å²) in [6, 6.07) is 0. The molecule has 0 aromatic rings. The molecule has 1 heterocycles. The minimum absolute atomic E-state index is 0.370. The van der Waals surface area contributed by atoms with Gasteiger partial charge in [0, 0.05) is 32.4 Å². The fraction of sp³-hybridized carbons (Fsp3) is 0.545. The van der Waals surface area contributed by atoms with Gasteiger partial charge in [-0.15, -0.1) is 0 Å². The monoisotopic (exact) mass is 247 g/mol. The van der Waals surface area contributed by atoms with Crippen molar-refractivity contribution in [3.8, 4) is 0 Å². The largest absolute Gasteiger partial charge is 0.417 e. The number of hydrogen-bond donors (Lipinski definition) is 1. The molecule has 96 valence electrons. The topological polar surface area (TPSA) is 27.6 Å². The van der Waals surface area contributed by atoms with Crippen LogP contribution >= 0.6 is 0 Å². The van der Waals surface area contributed by atoms with E-state index in [9.17, 15) is 13.2 Å². The van der Waals surface area contributed by atoms with Crippen LogP contribution in [0.1, 0.15) is 6.92 Å². The Bertz CT molecular complexity index is 325. The van der Waals surface area contributed by atoms with Gasteiger partial charge in [0.05, 0.1) is 5.57 Å². The number of nitrogens with zero attached hydrogens (tertiary/aromatic N) is 2. The first kappa shape index (κ1) is 13.8. The lowest BCUT2D eigenvalue weighted by molar-refractivity contribution is -0.0857. The van der Waals surface area contributed by atoms with Crippen LogP contribution in [0.2, 0.25) is 0 Å². The molecule has 0 aromatic carbocycles. The van der Waals surface area contributed by atoms with E-state index in [-0.39, 0.29) is 0 Å². The third-order valence-corrected chi connectivity index (χ3v) is 2.47. The number of allylic oxidation sites excluding steroid dienone is 2. The minimum Gasteiger partial charge on any atom is -0.355 e. The van der Waals surface area contributed by atoms with Gasteiger partial charge in [-0.1, -0.05) is 12.7 Å². The fourth-order valence-electron chi connectivity index (χ4n) is 1.46. The Labute approximate surface area is 98.7 Å². The highest BCUT2D eigenvalue weighted by atomic mass is 19.4. The van der Waals surface area contributed by atoms with Gasteiger partial charge in [-0.05, 0) is 6.92 Å². The molecule has 0 aromatic heterocycles. The Morgan fingerprint density at radius 1 is 1.35 bits per heavy atom. The molecule has 0 spiro atoms. The molecular weight excluding hydrogens is 231 g/mol. The Balaban J connectivity index is 2.60. The molecule has 0 saturated carbocycles. The standard InChI is InChI=1S/C11H16F3N3/c1-3-10(11(12,13)14)8-16-9(2)17-6-4-15-5-7-17/h3,8,15H,2,4-7H2,1H3/b10-3+,16-8-. The second kappa shape index (κ2) is 5.86. The van der Waals surface area contributed by atoms with E-state index in [1.165, 1.54) is 6.92 Å². The highest BCUT2D eigenvalue weighted by Gasteiger charge is 2.31. The van der Waals surface area contributed by atoms with Gasteiger partial charge >= 0.3 is 6.18 Å². The van der Waals surface area contributed by atoms with E-state index >= 15 is 0 Å². The van der Waals surface area contributed by atoms with Crippen molar-refractivity contribution in [3.63, 3.8) is 0 Å². The van der Waals surface area contributed by atoms with Crippen LogP contribution in [-0.2, 0) is 0 Å². The van der Waals surface area contributed by atoms with Crippen molar-refractivity contribution in [2.75, 3.05) is 26.2 Å². The summed E-state index contributed by atoms with van der Waals surface area (Å²) in [5.74, 6) is 0.370. The van der Waals surface area contributed by atoms with Crippen LogP contribution in [0.25, 0.3) is 0 Å². The van der Waals surface area contributed by atoms with Gasteiger partial charge in [0.1, 0.15) is 5.82 Å². The van der Waals surface area contributed by atoms with E-state index in [2.05, 4.69) is 16.9 Å². The van der Waals surface area contributed by atoms with Crippen LogP contribution in [0.5, 0.6) is 0 Å². The zero-order chi connectivity index (χ0) is 12.9. The maximum atomic E-state index is 12.4. The molecule has 0 bridgehead atoms. The van der Waals surface area contributed by atoms with Crippen LogP contribution in [0.3, 0.4) is 0 Å². The maximum absolute atomic E-state index is 12.4. The molecule has 1 rings (SSSR count). The number of piperazine rings is 1. The van der Waals surface area contributed by atoms with E-state index in [0.717, 1.165) is 25.4 Å². The SMILES string of the molecule is C=C(/N=C\C(=C/C)C(F)(F)F)N1CCNCC1. The predicted molar refractivity (Wildman–Crippen MR) is 61.9 cm³/mol. The first-order chi connectivity index (χ1) is 7.95. The normalized spacial score (nSPS) is 18.8. The summed E-state index contributed by atoms with van der Waals surface area (Å²) in [5, 5.41) is 3.14. The van der Waals surface area contributed by atoms with Gasteiger partial charge in [-0.2, -0.15) is 13.2 Å². The number of nitrogens with one attached hydrogen (secondary N) is 1. The van der Waals surface area contributed by atoms with Crippen LogP contribution in [0.4, 0.5) is 13.2 Å². The summed E-state index contributed by atoms with van der Waals surface area (Å²) in [6.45, 7) is 8.03. The number of aliphatic imine (C=N–C) groups is 1. The van der Waals surface area contributed by atoms with Gasteiger partial charge in [0.2, 0.25) is 0 Å². The zero-order valence-electron chi connectivity index (χ0n) is 9.72. The van der Waals surface area contributed by atoms with Gasteiger partial charge in [0.15, 0.2) is 0 Å². The van der Waals surface area contributed by atoms with Crippen molar-refractivity contribution in [1.82, 2.24) is 10.2 Å². The molecule has 1 aliphatic heterocycles. The van der Waals surface area contributed by atoms with Crippen LogP contribution < -0.4 is 5.32 Å². The second-order valence-electron chi connectivity index (χ2n) is 3.65. The summed E-state index contributed by atoms with van der Waals surface area (Å²) in [5.41, 5.74) is -0.756. The molecule has 0 amide bonds. The van der Waals surface area contributed by atoms with Crippen LogP contribution in [-0.4, -0.2) is 43.5 Å². The van der Waals surface area contributed by atoms with Crippen molar-refractivity contribution >= 4 is 6.21 Å². The van der Waals surface area contributed by atoms with Crippen molar-refractivity contribution in [3.05, 3.63) is 24.0 Å². The smallest absolute Gasteiger partial charge is 0.355 e.